The monoisotopic (exact) mass is 115 g/mol. The van der Waals surface area contributed by atoms with E-state index in [1.807, 2.05) is 0 Å². The molecule has 0 aliphatic heterocycles. The molecule has 0 rings (SSSR count). The number of hydrogen-bond acceptors (Lipinski definition) is 1. The predicted octanol–water partition coefficient (Wildman–Crippen LogP) is 0.828. The van der Waals surface area contributed by atoms with Crippen LogP contribution < -0.4 is 0 Å². The van der Waals surface area contributed by atoms with E-state index in [2.05, 4.69) is 5.92 Å². The van der Waals surface area contributed by atoms with Gasteiger partial charge in [-0.05, 0) is 0 Å². The topological polar surface area (TPSA) is 17.1 Å². The predicted molar refractivity (Wildman–Crippen MR) is 31.0 cm³/mol. The first kappa shape index (κ1) is 6.58. The Hall–Kier alpha value is -0.420. The SMILES string of the molecule is C#CCCC[S+]=O. The van der Waals surface area contributed by atoms with Crippen molar-refractivity contribution in [2.24, 2.45) is 0 Å². The molecule has 7 heavy (non-hydrogen) atoms. The van der Waals surface area contributed by atoms with Crippen LogP contribution >= 0.6 is 0 Å². The number of rotatable bonds is 3. The molecule has 0 unspecified atom stereocenters. The van der Waals surface area contributed by atoms with E-state index in [-0.39, 0.29) is 0 Å². The lowest BCUT2D eigenvalue weighted by Crippen LogP contribution is -1.77. The van der Waals surface area contributed by atoms with Gasteiger partial charge in [-0.2, -0.15) is 0 Å². The van der Waals surface area contributed by atoms with Gasteiger partial charge in [0.05, 0.1) is 0 Å². The summed E-state index contributed by atoms with van der Waals surface area (Å²) in [6, 6.07) is 0. The molecule has 0 N–H and O–H groups in total. The zero-order chi connectivity index (χ0) is 5.54. The van der Waals surface area contributed by atoms with E-state index in [4.69, 9.17) is 6.42 Å². The fourth-order valence-corrected chi connectivity index (χ4v) is 0.495. The van der Waals surface area contributed by atoms with E-state index in [9.17, 15) is 4.21 Å². The molecule has 0 bridgehead atoms. The molecular weight excluding hydrogens is 108 g/mol. The van der Waals surface area contributed by atoms with Gasteiger partial charge in [-0.15, -0.1) is 12.3 Å². The Labute approximate surface area is 47.6 Å². The van der Waals surface area contributed by atoms with Crippen LogP contribution in [0.15, 0.2) is 0 Å². The van der Waals surface area contributed by atoms with Crippen molar-refractivity contribution in [3.05, 3.63) is 0 Å². The van der Waals surface area contributed by atoms with Crippen LogP contribution in [-0.2, 0) is 15.9 Å². The summed E-state index contributed by atoms with van der Waals surface area (Å²) in [5, 5.41) is 0. The van der Waals surface area contributed by atoms with Crippen LogP contribution in [0.1, 0.15) is 12.8 Å². The van der Waals surface area contributed by atoms with Crippen LogP contribution in [-0.4, -0.2) is 5.75 Å². The number of hydrogen-bond donors (Lipinski definition) is 0. The molecule has 0 aliphatic carbocycles. The minimum Gasteiger partial charge on any atom is -0.120 e. The van der Waals surface area contributed by atoms with Crippen LogP contribution in [0, 0.1) is 12.3 Å². The normalized spacial score (nSPS) is 7.29. The molecule has 0 radical (unpaired) electrons. The Balaban J connectivity index is 2.72. The van der Waals surface area contributed by atoms with Crippen LogP contribution in [0.5, 0.6) is 0 Å². The molecule has 1 nitrogen and oxygen atoms in total. The highest BCUT2D eigenvalue weighted by molar-refractivity contribution is 7.65. The Morgan fingerprint density at radius 1 is 1.71 bits per heavy atom. The highest BCUT2D eigenvalue weighted by atomic mass is 32.1. The maximum atomic E-state index is 9.65. The fraction of sp³-hybridized carbons (Fsp3) is 0.600. The van der Waals surface area contributed by atoms with Gasteiger partial charge >= 0.3 is 11.7 Å². The molecule has 0 saturated heterocycles. The van der Waals surface area contributed by atoms with Gasteiger partial charge in [0.25, 0.3) is 0 Å². The van der Waals surface area contributed by atoms with E-state index in [1.54, 1.807) is 0 Å². The van der Waals surface area contributed by atoms with Gasteiger partial charge in [0.1, 0.15) is 0 Å². The first-order valence-electron chi connectivity index (χ1n) is 2.10. The smallest absolute Gasteiger partial charge is 0.120 e. The molecule has 2 heteroatoms. The molecule has 0 amide bonds. The van der Waals surface area contributed by atoms with Crippen molar-refractivity contribution in [1.82, 2.24) is 0 Å². The number of terminal acetylenes is 1. The third kappa shape index (κ3) is 5.58. The van der Waals surface area contributed by atoms with Crippen LogP contribution in [0.3, 0.4) is 0 Å². The molecule has 38 valence electrons. The molecule has 0 aromatic rings. The summed E-state index contributed by atoms with van der Waals surface area (Å²) >= 11 is 0.596. The maximum absolute atomic E-state index is 9.65. The maximum Gasteiger partial charge on any atom is 0.458 e. The Morgan fingerprint density at radius 2 is 2.43 bits per heavy atom. The van der Waals surface area contributed by atoms with Gasteiger partial charge in [-0.25, -0.2) is 0 Å². The summed E-state index contributed by atoms with van der Waals surface area (Å²) in [5.41, 5.74) is 0. The van der Waals surface area contributed by atoms with E-state index in [0.717, 1.165) is 12.8 Å². The third-order valence-corrected chi connectivity index (χ3v) is 1.00. The Kier molecular flexibility index (Phi) is 5.25. The summed E-state index contributed by atoms with van der Waals surface area (Å²) in [5.74, 6) is 3.09. The van der Waals surface area contributed by atoms with Crippen LogP contribution in [0.2, 0.25) is 0 Å². The summed E-state index contributed by atoms with van der Waals surface area (Å²) in [6.45, 7) is 0. The van der Waals surface area contributed by atoms with E-state index < -0.39 is 0 Å². The van der Waals surface area contributed by atoms with Crippen molar-refractivity contribution in [2.75, 3.05) is 5.75 Å². The lowest BCUT2D eigenvalue weighted by Gasteiger charge is -1.70. The van der Waals surface area contributed by atoms with Crippen LogP contribution in [0.4, 0.5) is 0 Å². The molecule has 0 heterocycles. The quantitative estimate of drug-likeness (QED) is 0.302. The summed E-state index contributed by atoms with van der Waals surface area (Å²) < 4.78 is 9.65. The summed E-state index contributed by atoms with van der Waals surface area (Å²) in [4.78, 5) is 0. The lowest BCUT2D eigenvalue weighted by atomic mass is 10.4. The average molecular weight is 115 g/mol. The average Bonchev–Trinajstić information content (AvgIpc) is 1.69. The molecule has 0 spiro atoms. The zero-order valence-electron chi connectivity index (χ0n) is 4.02. The van der Waals surface area contributed by atoms with Crippen molar-refractivity contribution < 1.29 is 4.21 Å². The second-order valence-corrected chi connectivity index (χ2v) is 1.77. The molecule has 0 atom stereocenters. The third-order valence-electron chi connectivity index (χ3n) is 0.549. The minimum atomic E-state index is 0.596. The Morgan fingerprint density at radius 3 is 2.86 bits per heavy atom. The fourth-order valence-electron chi connectivity index (χ4n) is 0.233. The minimum absolute atomic E-state index is 0.596. The molecule has 0 fully saturated rings. The van der Waals surface area contributed by atoms with E-state index >= 15 is 0 Å². The van der Waals surface area contributed by atoms with Gasteiger partial charge in [0.15, 0.2) is 0 Å². The Bertz CT molecular complexity index is 82.6. The second-order valence-electron chi connectivity index (χ2n) is 1.13. The van der Waals surface area contributed by atoms with Crippen molar-refractivity contribution in [3.8, 4) is 12.3 Å². The molecule has 0 saturated carbocycles. The largest absolute Gasteiger partial charge is 0.458 e. The zero-order valence-corrected chi connectivity index (χ0v) is 4.83. The van der Waals surface area contributed by atoms with Crippen LogP contribution in [0.25, 0.3) is 0 Å². The highest BCUT2D eigenvalue weighted by Gasteiger charge is 1.92. The van der Waals surface area contributed by atoms with Gasteiger partial charge in [-0.3, -0.25) is 0 Å². The second kappa shape index (κ2) is 5.58. The molecule has 0 aromatic heterocycles. The molecule has 0 aromatic carbocycles. The van der Waals surface area contributed by atoms with Crippen molar-refractivity contribution in [1.29, 1.82) is 0 Å². The lowest BCUT2D eigenvalue weighted by molar-refractivity contribution is 0.604. The van der Waals surface area contributed by atoms with Crippen molar-refractivity contribution >= 4 is 11.7 Å². The molecular formula is C5H7OS+. The first-order chi connectivity index (χ1) is 3.41. The first-order valence-corrected chi connectivity index (χ1v) is 3.01. The van der Waals surface area contributed by atoms with E-state index in [0.29, 0.717) is 17.4 Å². The van der Waals surface area contributed by atoms with E-state index in [1.165, 1.54) is 0 Å². The molecule has 0 aliphatic rings. The van der Waals surface area contributed by atoms with Gasteiger partial charge in [-0.1, -0.05) is 0 Å². The number of unbranched alkanes of at least 4 members (excludes halogenated alkanes) is 1. The standard InChI is InChI=1S/C5H7OS/c1-2-3-4-5-7-6/h1H,3-5H2/q+1. The van der Waals surface area contributed by atoms with Gasteiger partial charge < -0.3 is 0 Å². The summed E-state index contributed by atoms with van der Waals surface area (Å²) in [7, 11) is 0. The summed E-state index contributed by atoms with van der Waals surface area (Å²) in [6.07, 6.45) is 6.49. The van der Waals surface area contributed by atoms with Crippen molar-refractivity contribution in [2.45, 2.75) is 12.8 Å². The van der Waals surface area contributed by atoms with Gasteiger partial charge in [0, 0.05) is 17.1 Å². The van der Waals surface area contributed by atoms with Gasteiger partial charge in [0.2, 0.25) is 5.75 Å². The van der Waals surface area contributed by atoms with Crippen molar-refractivity contribution in [3.63, 3.8) is 0 Å². The highest BCUT2D eigenvalue weighted by Crippen LogP contribution is 1.82.